The summed E-state index contributed by atoms with van der Waals surface area (Å²) in [5, 5.41) is 2.31. The van der Waals surface area contributed by atoms with Crippen LogP contribution in [0, 0.1) is 6.92 Å². The fraction of sp³-hybridized carbons (Fsp3) is 0.0143. The minimum absolute atomic E-state index is 0.903. The average Bonchev–Trinajstić information content (AvgIpc) is 3.84. The molecule has 340 valence electrons. The zero-order chi connectivity index (χ0) is 48.4. The molecule has 0 N–H and O–H groups in total. The predicted octanol–water partition coefficient (Wildman–Crippen LogP) is 19.0. The third-order valence-electron chi connectivity index (χ3n) is 14.0. The highest BCUT2D eigenvalue weighted by Crippen LogP contribution is 2.51. The summed E-state index contributed by atoms with van der Waals surface area (Å²) in [5.74, 6) is 0.903. The Morgan fingerprint density at radius 1 is 0.375 bits per heavy atom. The van der Waals surface area contributed by atoms with Crippen LogP contribution in [0.2, 0.25) is 0 Å². The largest absolute Gasteiger partial charge is 0.292 e. The molecule has 0 saturated heterocycles. The van der Waals surface area contributed by atoms with E-state index in [0.29, 0.717) is 0 Å². The van der Waals surface area contributed by atoms with E-state index in [4.69, 9.17) is 4.98 Å². The lowest BCUT2D eigenvalue weighted by molar-refractivity contribution is 1.10. The van der Waals surface area contributed by atoms with Gasteiger partial charge in [0.25, 0.3) is 0 Å². The minimum Gasteiger partial charge on any atom is -0.292 e. The average molecular weight is 919 g/mol. The number of allylic oxidation sites excluding steroid dienone is 2. The van der Waals surface area contributed by atoms with E-state index in [0.717, 1.165) is 61.3 Å². The molecule has 1 heterocycles. The predicted molar refractivity (Wildman–Crippen MR) is 306 cm³/mol. The van der Waals surface area contributed by atoms with E-state index >= 15 is 0 Å². The Balaban J connectivity index is 1.07. The Bertz CT molecular complexity index is 3960. The van der Waals surface area contributed by atoms with Crippen LogP contribution in [0.3, 0.4) is 0 Å². The molecule has 0 fully saturated rings. The molecule has 2 heteroatoms. The van der Waals surface area contributed by atoms with Crippen molar-refractivity contribution in [3.63, 3.8) is 0 Å². The smallest absolute Gasteiger partial charge is 0.146 e. The summed E-state index contributed by atoms with van der Waals surface area (Å²) in [6.07, 6.45) is 6.11. The maximum atomic E-state index is 5.40. The number of hydrogen-bond donors (Lipinski definition) is 0. The van der Waals surface area contributed by atoms with Gasteiger partial charge in [-0.05, 0) is 149 Å². The van der Waals surface area contributed by atoms with Gasteiger partial charge in [-0.2, -0.15) is 0 Å². The van der Waals surface area contributed by atoms with Gasteiger partial charge < -0.3 is 0 Å². The topological polar surface area (TPSA) is 17.8 Å². The van der Waals surface area contributed by atoms with E-state index in [2.05, 4.69) is 279 Å². The van der Waals surface area contributed by atoms with Crippen LogP contribution in [0.15, 0.2) is 274 Å². The highest BCUT2D eigenvalue weighted by atomic mass is 15.1. The maximum absolute atomic E-state index is 5.40. The van der Waals surface area contributed by atoms with Gasteiger partial charge in [0, 0.05) is 11.3 Å². The molecule has 11 aromatic carbocycles. The summed E-state index contributed by atoms with van der Waals surface area (Å²) in [4.78, 5) is 5.40. The maximum Gasteiger partial charge on any atom is 0.146 e. The highest BCUT2D eigenvalue weighted by Gasteiger charge is 2.26. The fourth-order valence-electron chi connectivity index (χ4n) is 10.8. The van der Waals surface area contributed by atoms with Crippen molar-refractivity contribution in [1.82, 2.24) is 9.55 Å². The van der Waals surface area contributed by atoms with Gasteiger partial charge in [0.15, 0.2) is 0 Å². The Hall–Kier alpha value is -9.37. The summed E-state index contributed by atoms with van der Waals surface area (Å²) in [6, 6.07) is 92.0. The molecule has 72 heavy (non-hydrogen) atoms. The summed E-state index contributed by atoms with van der Waals surface area (Å²) in [7, 11) is 0. The van der Waals surface area contributed by atoms with Crippen molar-refractivity contribution in [2.45, 2.75) is 6.92 Å². The van der Waals surface area contributed by atoms with Crippen LogP contribution in [-0.4, -0.2) is 9.55 Å². The van der Waals surface area contributed by atoms with Gasteiger partial charge in [0.1, 0.15) is 5.82 Å². The van der Waals surface area contributed by atoms with Crippen LogP contribution in [0.5, 0.6) is 0 Å². The normalized spacial score (nSPS) is 11.4. The Labute approximate surface area is 421 Å². The van der Waals surface area contributed by atoms with Crippen molar-refractivity contribution in [2.24, 2.45) is 0 Å². The van der Waals surface area contributed by atoms with E-state index < -0.39 is 0 Å². The zero-order valence-corrected chi connectivity index (χ0v) is 40.1. The van der Waals surface area contributed by atoms with Gasteiger partial charge in [-0.3, -0.25) is 4.57 Å². The first-order valence-electron chi connectivity index (χ1n) is 24.7. The quantitative estimate of drug-likeness (QED) is 0.118. The van der Waals surface area contributed by atoms with E-state index in [9.17, 15) is 0 Å². The molecule has 0 saturated carbocycles. The molecule has 12 aromatic rings. The molecule has 0 amide bonds. The molecular formula is C70H50N2. The first-order valence-corrected chi connectivity index (χ1v) is 24.7. The third-order valence-corrected chi connectivity index (χ3v) is 14.0. The molecule has 0 aliphatic heterocycles. The molecule has 0 atom stereocenters. The molecule has 0 spiro atoms. The number of aromatic nitrogens is 2. The summed E-state index contributed by atoms with van der Waals surface area (Å²) in [5.41, 5.74) is 22.9. The van der Waals surface area contributed by atoms with Crippen molar-refractivity contribution in [2.75, 3.05) is 0 Å². The number of benzene rings is 11. The first-order chi connectivity index (χ1) is 35.6. The highest BCUT2D eigenvalue weighted by molar-refractivity contribution is 6.11. The Morgan fingerprint density at radius 2 is 0.819 bits per heavy atom. The number of rotatable bonds is 11. The van der Waals surface area contributed by atoms with Gasteiger partial charge in [-0.25, -0.2) is 4.98 Å². The molecule has 0 aliphatic carbocycles. The lowest BCUT2D eigenvalue weighted by Gasteiger charge is -2.24. The number of hydrogen-bond acceptors (Lipinski definition) is 1. The second-order valence-corrected chi connectivity index (χ2v) is 18.2. The fourth-order valence-corrected chi connectivity index (χ4v) is 10.8. The van der Waals surface area contributed by atoms with Gasteiger partial charge in [-0.15, -0.1) is 0 Å². The van der Waals surface area contributed by atoms with Crippen LogP contribution >= 0.6 is 0 Å². The van der Waals surface area contributed by atoms with E-state index in [-0.39, 0.29) is 0 Å². The van der Waals surface area contributed by atoms with Gasteiger partial charge in [0.2, 0.25) is 0 Å². The Kier molecular flexibility index (Phi) is 11.7. The zero-order valence-electron chi connectivity index (χ0n) is 40.1. The number of imidazole rings is 1. The second-order valence-electron chi connectivity index (χ2n) is 18.2. The molecular weight excluding hydrogens is 869 g/mol. The number of fused-ring (bicyclic) bond motifs is 2. The van der Waals surface area contributed by atoms with Crippen molar-refractivity contribution in [1.29, 1.82) is 0 Å². The molecule has 0 unspecified atom stereocenters. The standard InChI is InChI=1S/C70H50N2/c1-3-4-40-58-48(2)65(59-41-20-21-42-60(59)69(58)70-71-63-43-22-23-44-64(63)72(70)57-38-18-9-19-39-57)56-37-25-35-54(46-56)53-34-24-36-55(45-53)62-47-61(49-26-10-5-11-27-49)66(50-28-12-6-13-29-50)68(52-32-16-8-17-33-52)67(62)51-30-14-7-15-31-51/h3-47H,1H2,2H3/b40-4-. The molecule has 1 aromatic heterocycles. The van der Waals surface area contributed by atoms with Crippen LogP contribution in [0.4, 0.5) is 0 Å². The van der Waals surface area contributed by atoms with E-state index in [1.165, 1.54) is 66.6 Å². The summed E-state index contributed by atoms with van der Waals surface area (Å²) < 4.78 is 2.30. The van der Waals surface area contributed by atoms with E-state index in [1.54, 1.807) is 0 Å². The lowest BCUT2D eigenvalue weighted by atomic mass is 9.78. The molecule has 2 nitrogen and oxygen atoms in total. The van der Waals surface area contributed by atoms with Crippen molar-refractivity contribution >= 4 is 27.9 Å². The second kappa shape index (κ2) is 19.2. The monoisotopic (exact) mass is 918 g/mol. The van der Waals surface area contributed by atoms with Crippen molar-refractivity contribution in [3.05, 3.63) is 285 Å². The number of para-hydroxylation sites is 3. The lowest BCUT2D eigenvalue weighted by Crippen LogP contribution is -2.02. The van der Waals surface area contributed by atoms with E-state index in [1.807, 2.05) is 12.2 Å². The van der Waals surface area contributed by atoms with Crippen LogP contribution in [-0.2, 0) is 0 Å². The van der Waals surface area contributed by atoms with Gasteiger partial charge in [-0.1, -0.05) is 237 Å². The van der Waals surface area contributed by atoms with Crippen molar-refractivity contribution in [3.8, 4) is 95.0 Å². The van der Waals surface area contributed by atoms with Gasteiger partial charge >= 0.3 is 0 Å². The number of nitrogens with zero attached hydrogens (tertiary/aromatic N) is 2. The summed E-state index contributed by atoms with van der Waals surface area (Å²) >= 11 is 0. The van der Waals surface area contributed by atoms with Crippen LogP contribution in [0.1, 0.15) is 11.1 Å². The summed E-state index contributed by atoms with van der Waals surface area (Å²) in [6.45, 7) is 6.36. The van der Waals surface area contributed by atoms with Crippen LogP contribution < -0.4 is 0 Å². The first kappa shape index (κ1) is 43.9. The minimum atomic E-state index is 0.903. The molecule has 12 rings (SSSR count). The molecule has 0 bridgehead atoms. The SMILES string of the molecule is C=C/C=C\c1c(C)c(-c2cccc(-c3cccc(-c4cc(-c5ccccc5)c(-c5ccccc5)c(-c5ccccc5)c4-c4ccccc4)c3)c2)c2ccccc2c1-c1nc2ccccc2n1-c1ccccc1. The molecule has 0 aliphatic rings. The van der Waals surface area contributed by atoms with Gasteiger partial charge in [0.05, 0.1) is 11.0 Å². The third kappa shape index (κ3) is 7.95. The van der Waals surface area contributed by atoms with Crippen molar-refractivity contribution < 1.29 is 0 Å². The molecule has 0 radical (unpaired) electrons. The van der Waals surface area contributed by atoms with Crippen LogP contribution in [0.25, 0.3) is 123 Å². The Morgan fingerprint density at radius 3 is 1.42 bits per heavy atom.